The van der Waals surface area contributed by atoms with E-state index in [0.717, 1.165) is 22.6 Å². The molecule has 0 radical (unpaired) electrons. The van der Waals surface area contributed by atoms with Crippen molar-refractivity contribution in [2.75, 3.05) is 0 Å². The van der Waals surface area contributed by atoms with Crippen LogP contribution in [0.25, 0.3) is 17.1 Å². The van der Waals surface area contributed by atoms with Crippen LogP contribution in [0.3, 0.4) is 0 Å². The number of para-hydroxylation sites is 1. The third-order valence-electron chi connectivity index (χ3n) is 3.90. The Hall–Kier alpha value is -2.92. The Kier molecular flexibility index (Phi) is 4.80. The number of halogens is 1. The molecule has 0 amide bonds. The van der Waals surface area contributed by atoms with Gasteiger partial charge in [-0.15, -0.1) is 5.10 Å². The molecule has 0 N–H and O–H groups in total. The largest absolute Gasteiger partial charge is 0.212 e. The summed E-state index contributed by atoms with van der Waals surface area (Å²) in [6, 6.07) is 26.5. The molecule has 1 heterocycles. The van der Waals surface area contributed by atoms with Crippen molar-refractivity contribution in [3.8, 4) is 17.1 Å². The lowest BCUT2D eigenvalue weighted by Crippen LogP contribution is -1.99. The predicted molar refractivity (Wildman–Crippen MR) is 103 cm³/mol. The van der Waals surface area contributed by atoms with Gasteiger partial charge in [0.15, 0.2) is 5.82 Å². The quantitative estimate of drug-likeness (QED) is 0.448. The summed E-state index contributed by atoms with van der Waals surface area (Å²) >= 11 is 1.54. The van der Waals surface area contributed by atoms with Crippen LogP contribution in [0.1, 0.15) is 5.56 Å². The summed E-state index contributed by atoms with van der Waals surface area (Å²) in [6.45, 7) is 0. The highest BCUT2D eigenvalue weighted by Gasteiger charge is 2.14. The molecule has 26 heavy (non-hydrogen) atoms. The third-order valence-corrected chi connectivity index (χ3v) is 4.81. The van der Waals surface area contributed by atoms with Crippen molar-refractivity contribution in [3.63, 3.8) is 0 Å². The van der Waals surface area contributed by atoms with Gasteiger partial charge in [0, 0.05) is 11.3 Å². The Balaban J connectivity index is 1.66. The topological polar surface area (TPSA) is 30.7 Å². The van der Waals surface area contributed by atoms with Gasteiger partial charge >= 0.3 is 0 Å². The number of hydrogen-bond donors (Lipinski definition) is 0. The minimum absolute atomic E-state index is 0.225. The van der Waals surface area contributed by atoms with Gasteiger partial charge in [-0.1, -0.05) is 72.4 Å². The second kappa shape index (κ2) is 7.54. The van der Waals surface area contributed by atoms with E-state index in [9.17, 15) is 4.39 Å². The highest BCUT2D eigenvalue weighted by Crippen LogP contribution is 2.26. The van der Waals surface area contributed by atoms with Gasteiger partial charge in [-0.3, -0.25) is 0 Å². The van der Waals surface area contributed by atoms with Gasteiger partial charge < -0.3 is 0 Å². The minimum Gasteiger partial charge on any atom is -0.212 e. The first-order valence-corrected chi connectivity index (χ1v) is 9.23. The molecule has 0 aliphatic rings. The fourth-order valence-electron chi connectivity index (χ4n) is 2.61. The lowest BCUT2D eigenvalue weighted by molar-refractivity contribution is 0.627. The zero-order valence-electron chi connectivity index (χ0n) is 13.9. The fraction of sp³-hybridized carbons (Fsp3) is 0.0476. The standard InChI is InChI=1S/C21H16FN3S/c22-18-13-11-16(12-14-18)15-26-21-23-20(17-7-3-1-4-8-17)25(24-21)19-9-5-2-6-10-19/h1-14H,15H2. The van der Waals surface area contributed by atoms with Crippen LogP contribution >= 0.6 is 11.8 Å². The maximum absolute atomic E-state index is 13.0. The molecule has 0 spiro atoms. The number of hydrogen-bond acceptors (Lipinski definition) is 3. The molecule has 4 rings (SSSR count). The van der Waals surface area contributed by atoms with Crippen LogP contribution in [-0.2, 0) is 5.75 Å². The lowest BCUT2D eigenvalue weighted by atomic mass is 10.2. The molecule has 0 fully saturated rings. The molecule has 0 atom stereocenters. The summed E-state index contributed by atoms with van der Waals surface area (Å²) in [5.74, 6) is 1.27. The van der Waals surface area contributed by atoms with E-state index in [4.69, 9.17) is 4.98 Å². The first-order valence-electron chi connectivity index (χ1n) is 8.25. The molecule has 4 aromatic rings. The van der Waals surface area contributed by atoms with E-state index in [2.05, 4.69) is 5.10 Å². The van der Waals surface area contributed by atoms with E-state index in [1.165, 1.54) is 23.9 Å². The monoisotopic (exact) mass is 361 g/mol. The molecular weight excluding hydrogens is 345 g/mol. The number of nitrogens with zero attached hydrogens (tertiary/aromatic N) is 3. The molecule has 1 aromatic heterocycles. The number of rotatable bonds is 5. The molecule has 128 valence electrons. The number of aromatic nitrogens is 3. The van der Waals surface area contributed by atoms with Gasteiger partial charge in [0.05, 0.1) is 5.69 Å². The smallest absolute Gasteiger partial charge is 0.209 e. The van der Waals surface area contributed by atoms with E-state index in [-0.39, 0.29) is 5.82 Å². The lowest BCUT2D eigenvalue weighted by Gasteiger charge is -2.05. The summed E-state index contributed by atoms with van der Waals surface area (Å²) in [6.07, 6.45) is 0. The van der Waals surface area contributed by atoms with E-state index in [0.29, 0.717) is 10.9 Å². The molecule has 0 aliphatic heterocycles. The van der Waals surface area contributed by atoms with Gasteiger partial charge in [-0.25, -0.2) is 14.1 Å². The summed E-state index contributed by atoms with van der Waals surface area (Å²) in [4.78, 5) is 4.73. The third kappa shape index (κ3) is 3.68. The van der Waals surface area contributed by atoms with Crippen molar-refractivity contribution in [2.45, 2.75) is 10.9 Å². The van der Waals surface area contributed by atoms with Crippen molar-refractivity contribution in [1.29, 1.82) is 0 Å². The summed E-state index contributed by atoms with van der Waals surface area (Å²) in [7, 11) is 0. The highest BCUT2D eigenvalue weighted by molar-refractivity contribution is 7.98. The van der Waals surface area contributed by atoms with Crippen LogP contribution < -0.4 is 0 Å². The van der Waals surface area contributed by atoms with E-state index < -0.39 is 0 Å². The van der Waals surface area contributed by atoms with Crippen molar-refractivity contribution >= 4 is 11.8 Å². The zero-order valence-corrected chi connectivity index (χ0v) is 14.7. The van der Waals surface area contributed by atoms with Crippen molar-refractivity contribution in [1.82, 2.24) is 14.8 Å². The number of thioether (sulfide) groups is 1. The number of benzene rings is 3. The average Bonchev–Trinajstić information content (AvgIpc) is 3.13. The normalized spacial score (nSPS) is 10.8. The van der Waals surface area contributed by atoms with Crippen LogP contribution in [0.5, 0.6) is 0 Å². The van der Waals surface area contributed by atoms with Crippen LogP contribution in [0.2, 0.25) is 0 Å². The summed E-state index contributed by atoms with van der Waals surface area (Å²) in [5, 5.41) is 5.38. The van der Waals surface area contributed by atoms with E-state index in [1.807, 2.05) is 65.3 Å². The second-order valence-corrected chi connectivity index (χ2v) is 6.69. The Morgan fingerprint density at radius 3 is 2.15 bits per heavy atom. The van der Waals surface area contributed by atoms with Gasteiger partial charge in [0.1, 0.15) is 5.82 Å². The Bertz CT molecular complexity index is 926. The van der Waals surface area contributed by atoms with E-state index in [1.54, 1.807) is 12.1 Å². The second-order valence-electron chi connectivity index (χ2n) is 5.75. The maximum atomic E-state index is 13.0. The molecule has 0 saturated heterocycles. The molecule has 0 bridgehead atoms. The zero-order chi connectivity index (χ0) is 17.8. The van der Waals surface area contributed by atoms with E-state index >= 15 is 0 Å². The van der Waals surface area contributed by atoms with Crippen LogP contribution in [0.4, 0.5) is 4.39 Å². The van der Waals surface area contributed by atoms with Crippen LogP contribution in [0, 0.1) is 5.82 Å². The molecule has 3 nitrogen and oxygen atoms in total. The van der Waals surface area contributed by atoms with Gasteiger partial charge in [0.25, 0.3) is 0 Å². The SMILES string of the molecule is Fc1ccc(CSc2nc(-c3ccccc3)n(-c3ccccc3)n2)cc1. The molecule has 0 aliphatic carbocycles. The van der Waals surface area contributed by atoms with Gasteiger partial charge in [-0.05, 0) is 29.8 Å². The first-order chi connectivity index (χ1) is 12.8. The highest BCUT2D eigenvalue weighted by atomic mass is 32.2. The van der Waals surface area contributed by atoms with Gasteiger partial charge in [-0.2, -0.15) is 0 Å². The van der Waals surface area contributed by atoms with Crippen molar-refractivity contribution in [3.05, 3.63) is 96.3 Å². The minimum atomic E-state index is -0.225. The maximum Gasteiger partial charge on any atom is 0.209 e. The molecule has 0 unspecified atom stereocenters. The van der Waals surface area contributed by atoms with Gasteiger partial charge in [0.2, 0.25) is 5.16 Å². The molecule has 5 heteroatoms. The summed E-state index contributed by atoms with van der Waals surface area (Å²) < 4.78 is 14.9. The summed E-state index contributed by atoms with van der Waals surface area (Å²) in [5.41, 5.74) is 3.01. The average molecular weight is 361 g/mol. The van der Waals surface area contributed by atoms with Crippen LogP contribution in [-0.4, -0.2) is 14.8 Å². The van der Waals surface area contributed by atoms with Crippen molar-refractivity contribution in [2.24, 2.45) is 0 Å². The Labute approximate surface area is 155 Å². The Morgan fingerprint density at radius 1 is 0.808 bits per heavy atom. The first kappa shape index (κ1) is 16.5. The Morgan fingerprint density at radius 2 is 1.46 bits per heavy atom. The molecular formula is C21H16FN3S. The fourth-order valence-corrected chi connectivity index (χ4v) is 3.38. The molecule has 0 saturated carbocycles. The van der Waals surface area contributed by atoms with Crippen molar-refractivity contribution < 1.29 is 4.39 Å². The molecule has 3 aromatic carbocycles. The predicted octanol–water partition coefficient (Wildman–Crippen LogP) is 5.37. The van der Waals surface area contributed by atoms with Crippen LogP contribution in [0.15, 0.2) is 90.1 Å².